The summed E-state index contributed by atoms with van der Waals surface area (Å²) in [5.41, 5.74) is 0. The maximum absolute atomic E-state index is 0. The van der Waals surface area contributed by atoms with Crippen LogP contribution in [0.1, 0.15) is 0 Å². The fourth-order valence-corrected chi connectivity index (χ4v) is 0. The van der Waals surface area contributed by atoms with Crippen LogP contribution in [0.25, 0.3) is 0 Å². The summed E-state index contributed by atoms with van der Waals surface area (Å²) in [5, 5.41) is 0. The second-order valence-electron chi connectivity index (χ2n) is 0. The predicted molar refractivity (Wildman–Crippen MR) is 2.06 cm³/mol. The molecule has 0 aliphatic heterocycles. The molecule has 0 bridgehead atoms. The topological polar surface area (TPSA) is 85.5 Å². The molecule has 0 spiro atoms. The van der Waals surface area contributed by atoms with E-state index in [2.05, 4.69) is 0 Å². The first-order chi connectivity index (χ1) is 0. The van der Waals surface area contributed by atoms with E-state index in [9.17, 15) is 0 Å². The van der Waals surface area contributed by atoms with Gasteiger partial charge in [0.1, 0.15) is 0 Å². The fraction of sp³-hybridized carbons (Fsp3) is 0. The average Bonchev–Trinajstić information content (AvgIpc) is 0. The van der Waals surface area contributed by atoms with Crippen molar-refractivity contribution in [2.24, 2.45) is 0 Å². The Morgan fingerprint density at radius 3 is 0.600 bits per heavy atom. The first kappa shape index (κ1) is 56.4. The first-order valence-corrected chi connectivity index (χ1v) is 0. The molecule has 0 atom stereocenters. The Kier molecular flexibility index (Phi) is 387. The van der Waals surface area contributed by atoms with Gasteiger partial charge in [-0.2, -0.15) is 0 Å². The summed E-state index contributed by atoms with van der Waals surface area (Å²) in [4.78, 5) is 0. The fourth-order valence-electron chi connectivity index (χ4n) is 0. The van der Waals surface area contributed by atoms with Crippen LogP contribution in [-0.2, 0) is 49.1 Å². The molecule has 0 aliphatic rings. The summed E-state index contributed by atoms with van der Waals surface area (Å²) in [6.07, 6.45) is 0. The van der Waals surface area contributed by atoms with Crippen LogP contribution in [0.15, 0.2) is 0 Å². The van der Waals surface area contributed by atoms with Crippen LogP contribution in [0.5, 0.6) is 0 Å². The molecule has 0 aromatic heterocycles. The smallest absolute Gasteiger partial charge is 2.00 e. The van der Waals surface area contributed by atoms with Gasteiger partial charge in [0.25, 0.3) is 0 Å². The van der Waals surface area contributed by atoms with E-state index in [1.165, 1.54) is 0 Å². The van der Waals surface area contributed by atoms with Gasteiger partial charge in [0, 0.05) is 0 Å². The third-order valence-corrected chi connectivity index (χ3v) is 0. The molecule has 0 amide bonds. The Labute approximate surface area is 84.9 Å². The molecule has 0 aromatic rings. The SMILES string of the molecule is [Er+3].[O-2].[O-2].[O-2].[Y+3]. The zero-order valence-electron chi connectivity index (χ0n) is 2.09. The van der Waals surface area contributed by atoms with E-state index in [4.69, 9.17) is 0 Å². The van der Waals surface area contributed by atoms with Crippen molar-refractivity contribution in [1.29, 1.82) is 0 Å². The van der Waals surface area contributed by atoms with Gasteiger partial charge in [-0.15, -0.1) is 0 Å². The summed E-state index contributed by atoms with van der Waals surface area (Å²) in [7, 11) is 0. The van der Waals surface area contributed by atoms with Gasteiger partial charge in [-0.3, -0.25) is 0 Å². The van der Waals surface area contributed by atoms with Crippen LogP contribution >= 0.6 is 0 Å². The number of hydrogen-bond acceptors (Lipinski definition) is 0. The molecular weight excluding hydrogens is 304 g/mol. The second kappa shape index (κ2) is 34.3. The largest absolute Gasteiger partial charge is 3.00 e. The molecular formula is ErO3Y. The Bertz CT molecular complexity index is 6.85. The monoisotopic (exact) mass is 303 g/mol. The van der Waals surface area contributed by atoms with Crippen LogP contribution in [0.2, 0.25) is 0 Å². The second-order valence-corrected chi connectivity index (χ2v) is 0. The van der Waals surface area contributed by atoms with Gasteiger partial charge in [-0.05, 0) is 0 Å². The van der Waals surface area contributed by atoms with Crippen molar-refractivity contribution >= 4 is 0 Å². The van der Waals surface area contributed by atoms with Gasteiger partial charge in [0.2, 0.25) is 0 Å². The third kappa shape index (κ3) is 22.4. The summed E-state index contributed by atoms with van der Waals surface area (Å²) in [6.45, 7) is 0. The maximum Gasteiger partial charge on any atom is 3.00 e. The third-order valence-electron chi connectivity index (χ3n) is 0. The normalized spacial score (nSPS) is 0. The first-order valence-electron chi connectivity index (χ1n) is 0. The predicted octanol–water partition coefficient (Wildman–Crippen LogP) is -0.359. The van der Waals surface area contributed by atoms with E-state index < -0.39 is 0 Å². The van der Waals surface area contributed by atoms with Crippen LogP contribution in [-0.4, -0.2) is 0 Å². The Hall–Kier alpha value is 2.23. The van der Waals surface area contributed by atoms with Crippen molar-refractivity contribution in [2.45, 2.75) is 0 Å². The van der Waals surface area contributed by atoms with Gasteiger partial charge >= 0.3 is 70.0 Å². The Balaban J connectivity index is 0. The molecule has 0 fully saturated rings. The van der Waals surface area contributed by atoms with Crippen LogP contribution in [0.4, 0.5) is 0 Å². The van der Waals surface area contributed by atoms with E-state index in [0.717, 1.165) is 0 Å². The molecule has 1 radical (unpaired) electrons. The summed E-state index contributed by atoms with van der Waals surface area (Å²) >= 11 is 0. The van der Waals surface area contributed by atoms with Gasteiger partial charge in [0.15, 0.2) is 0 Å². The standard InChI is InChI=1S/Er.3O.Y/q+3;3*-2;+3. The van der Waals surface area contributed by atoms with Crippen molar-refractivity contribution < 1.29 is 86.4 Å². The molecule has 0 aromatic carbocycles. The molecule has 5 heteroatoms. The molecule has 0 N–H and O–H groups in total. The van der Waals surface area contributed by atoms with E-state index in [0.29, 0.717) is 0 Å². The maximum atomic E-state index is 0. The minimum absolute atomic E-state index is 0. The molecule has 0 rings (SSSR count). The number of hydrogen-bond donors (Lipinski definition) is 0. The summed E-state index contributed by atoms with van der Waals surface area (Å²) in [6, 6.07) is 0. The Morgan fingerprint density at radius 2 is 0.600 bits per heavy atom. The zero-order chi connectivity index (χ0) is 0. The van der Waals surface area contributed by atoms with Gasteiger partial charge < -0.3 is 16.4 Å². The van der Waals surface area contributed by atoms with Gasteiger partial charge in [-0.25, -0.2) is 0 Å². The number of rotatable bonds is 0. The van der Waals surface area contributed by atoms with Crippen molar-refractivity contribution in [3.63, 3.8) is 0 Å². The van der Waals surface area contributed by atoms with Crippen molar-refractivity contribution in [3.05, 3.63) is 0 Å². The molecule has 0 heterocycles. The summed E-state index contributed by atoms with van der Waals surface area (Å²) < 4.78 is 0. The van der Waals surface area contributed by atoms with Crippen LogP contribution in [0.3, 0.4) is 0 Å². The van der Waals surface area contributed by atoms with Crippen LogP contribution < -0.4 is 0 Å². The van der Waals surface area contributed by atoms with Crippen molar-refractivity contribution in [3.8, 4) is 0 Å². The molecule has 0 unspecified atom stereocenters. The molecule has 0 aliphatic carbocycles. The van der Waals surface area contributed by atoms with E-state index >= 15 is 0 Å². The van der Waals surface area contributed by atoms with Crippen molar-refractivity contribution in [2.75, 3.05) is 0 Å². The van der Waals surface area contributed by atoms with E-state index in [1.807, 2.05) is 0 Å². The van der Waals surface area contributed by atoms with E-state index in [1.54, 1.807) is 0 Å². The van der Waals surface area contributed by atoms with Gasteiger partial charge in [0.05, 0.1) is 0 Å². The minimum Gasteiger partial charge on any atom is -2.00 e. The minimum atomic E-state index is 0. The molecule has 0 saturated heterocycles. The summed E-state index contributed by atoms with van der Waals surface area (Å²) in [5.74, 6) is 0. The molecule has 3 nitrogen and oxygen atoms in total. The zero-order valence-corrected chi connectivity index (χ0v) is 6.78. The molecule has 5 heavy (non-hydrogen) atoms. The van der Waals surface area contributed by atoms with Crippen LogP contribution in [0, 0.1) is 37.3 Å². The van der Waals surface area contributed by atoms with E-state index in [-0.39, 0.29) is 86.4 Å². The average molecular weight is 304 g/mol. The molecule has 0 saturated carbocycles. The van der Waals surface area contributed by atoms with Gasteiger partial charge in [-0.1, -0.05) is 0 Å². The quantitative estimate of drug-likeness (QED) is 0.585. The Morgan fingerprint density at radius 1 is 0.600 bits per heavy atom. The van der Waals surface area contributed by atoms with Crippen molar-refractivity contribution in [1.82, 2.24) is 0 Å². The molecule has 33 valence electrons.